The predicted molar refractivity (Wildman–Crippen MR) is 62.2 cm³/mol. The Hall–Kier alpha value is -1.32. The summed E-state index contributed by atoms with van der Waals surface area (Å²) in [6, 6.07) is 0. The molecule has 16 heavy (non-hydrogen) atoms. The van der Waals surface area contributed by atoms with Gasteiger partial charge in [-0.15, -0.1) is 0 Å². The predicted octanol–water partition coefficient (Wildman–Crippen LogP) is 1.60. The molecule has 1 aliphatic rings. The van der Waals surface area contributed by atoms with Crippen LogP contribution in [0.25, 0.3) is 0 Å². The maximum absolute atomic E-state index is 12.2. The van der Waals surface area contributed by atoms with Crippen molar-refractivity contribution in [2.75, 3.05) is 13.1 Å². The number of aryl methyl sites for hydroxylation is 1. The Kier molecular flexibility index (Phi) is 2.99. The van der Waals surface area contributed by atoms with E-state index in [1.165, 1.54) is 0 Å². The molecule has 4 heteroatoms. The molecule has 0 unspecified atom stereocenters. The second kappa shape index (κ2) is 4.28. The van der Waals surface area contributed by atoms with Crippen LogP contribution in [-0.4, -0.2) is 33.7 Å². The first-order chi connectivity index (χ1) is 7.59. The molecular formula is C12H19N3O. The molecular weight excluding hydrogens is 202 g/mol. The summed E-state index contributed by atoms with van der Waals surface area (Å²) in [7, 11) is 1.87. The number of piperidine rings is 1. The fourth-order valence-corrected chi connectivity index (χ4v) is 2.09. The molecule has 1 saturated heterocycles. The van der Waals surface area contributed by atoms with Gasteiger partial charge >= 0.3 is 0 Å². The monoisotopic (exact) mass is 221 g/mol. The standard InChI is InChI=1S/C12H19N3O/c1-9-4-6-15(7-5-9)12(16)11-8-13-14(3)10(11)2/h8-9H,4-7H2,1-3H3. The van der Waals surface area contributed by atoms with Crippen LogP contribution in [0.4, 0.5) is 0 Å². The lowest BCUT2D eigenvalue weighted by Gasteiger charge is -2.30. The molecule has 0 saturated carbocycles. The molecule has 1 fully saturated rings. The molecule has 0 aromatic carbocycles. The number of aromatic nitrogens is 2. The Bertz CT molecular complexity index is 389. The van der Waals surface area contributed by atoms with Gasteiger partial charge in [-0.1, -0.05) is 6.92 Å². The van der Waals surface area contributed by atoms with E-state index in [4.69, 9.17) is 0 Å². The van der Waals surface area contributed by atoms with Crippen molar-refractivity contribution in [3.05, 3.63) is 17.5 Å². The zero-order chi connectivity index (χ0) is 11.7. The van der Waals surface area contributed by atoms with Gasteiger partial charge in [0, 0.05) is 25.8 Å². The maximum atomic E-state index is 12.2. The summed E-state index contributed by atoms with van der Waals surface area (Å²) >= 11 is 0. The van der Waals surface area contributed by atoms with Crippen molar-refractivity contribution in [1.29, 1.82) is 0 Å². The highest BCUT2D eigenvalue weighted by Crippen LogP contribution is 2.19. The molecule has 0 spiro atoms. The summed E-state index contributed by atoms with van der Waals surface area (Å²) in [6.45, 7) is 5.95. The van der Waals surface area contributed by atoms with Crippen molar-refractivity contribution in [2.24, 2.45) is 13.0 Å². The molecule has 0 aliphatic carbocycles. The van der Waals surface area contributed by atoms with Crippen LogP contribution < -0.4 is 0 Å². The molecule has 1 amide bonds. The molecule has 0 N–H and O–H groups in total. The first-order valence-corrected chi connectivity index (χ1v) is 5.87. The third kappa shape index (κ3) is 1.96. The minimum atomic E-state index is 0.137. The van der Waals surface area contributed by atoms with Gasteiger partial charge in [-0.25, -0.2) is 0 Å². The highest BCUT2D eigenvalue weighted by Gasteiger charge is 2.23. The van der Waals surface area contributed by atoms with E-state index in [-0.39, 0.29) is 5.91 Å². The Morgan fingerprint density at radius 3 is 2.56 bits per heavy atom. The molecule has 0 atom stereocenters. The van der Waals surface area contributed by atoms with Gasteiger partial charge in [0.05, 0.1) is 11.8 Å². The molecule has 2 heterocycles. The van der Waals surface area contributed by atoms with Gasteiger partial charge in [-0.2, -0.15) is 5.10 Å². The van der Waals surface area contributed by atoms with Crippen LogP contribution >= 0.6 is 0 Å². The number of nitrogens with zero attached hydrogens (tertiary/aromatic N) is 3. The number of carbonyl (C=O) groups excluding carboxylic acids is 1. The van der Waals surface area contributed by atoms with Gasteiger partial charge in [-0.05, 0) is 25.7 Å². The van der Waals surface area contributed by atoms with Crippen LogP contribution in [0.1, 0.15) is 35.8 Å². The van der Waals surface area contributed by atoms with E-state index in [9.17, 15) is 4.79 Å². The van der Waals surface area contributed by atoms with E-state index in [0.29, 0.717) is 0 Å². The van der Waals surface area contributed by atoms with Gasteiger partial charge in [0.25, 0.3) is 5.91 Å². The van der Waals surface area contributed by atoms with Crippen LogP contribution in [0.3, 0.4) is 0 Å². The summed E-state index contributed by atoms with van der Waals surface area (Å²) in [5.41, 5.74) is 1.70. The van der Waals surface area contributed by atoms with Crippen LogP contribution in [0.5, 0.6) is 0 Å². The fourth-order valence-electron chi connectivity index (χ4n) is 2.09. The number of rotatable bonds is 1. The van der Waals surface area contributed by atoms with E-state index in [1.807, 2.05) is 18.9 Å². The number of carbonyl (C=O) groups is 1. The van der Waals surface area contributed by atoms with Gasteiger partial charge in [0.15, 0.2) is 0 Å². The van der Waals surface area contributed by atoms with Crippen molar-refractivity contribution in [2.45, 2.75) is 26.7 Å². The highest BCUT2D eigenvalue weighted by atomic mass is 16.2. The van der Waals surface area contributed by atoms with E-state index in [1.54, 1.807) is 10.9 Å². The molecule has 1 aliphatic heterocycles. The quantitative estimate of drug-likeness (QED) is 0.722. The lowest BCUT2D eigenvalue weighted by molar-refractivity contribution is 0.0696. The highest BCUT2D eigenvalue weighted by molar-refractivity contribution is 5.95. The lowest BCUT2D eigenvalue weighted by atomic mass is 9.99. The summed E-state index contributed by atoms with van der Waals surface area (Å²) < 4.78 is 1.75. The molecule has 0 radical (unpaired) electrons. The van der Waals surface area contributed by atoms with Gasteiger partial charge < -0.3 is 4.90 Å². The van der Waals surface area contributed by atoms with Gasteiger partial charge in [-0.3, -0.25) is 9.48 Å². The van der Waals surface area contributed by atoms with Crippen LogP contribution in [0, 0.1) is 12.8 Å². The van der Waals surface area contributed by atoms with Crippen LogP contribution in [0.2, 0.25) is 0 Å². The Morgan fingerprint density at radius 1 is 1.44 bits per heavy atom. The van der Waals surface area contributed by atoms with Crippen molar-refractivity contribution in [1.82, 2.24) is 14.7 Å². The third-order valence-electron chi connectivity index (χ3n) is 3.54. The molecule has 4 nitrogen and oxygen atoms in total. The first kappa shape index (κ1) is 11.2. The van der Waals surface area contributed by atoms with Crippen LogP contribution in [-0.2, 0) is 7.05 Å². The van der Waals surface area contributed by atoms with Crippen molar-refractivity contribution < 1.29 is 4.79 Å². The van der Waals surface area contributed by atoms with Gasteiger partial charge in [0.2, 0.25) is 0 Å². The topological polar surface area (TPSA) is 38.1 Å². The zero-order valence-corrected chi connectivity index (χ0v) is 10.2. The number of amides is 1. The Balaban J connectivity index is 2.11. The van der Waals surface area contributed by atoms with Crippen LogP contribution in [0.15, 0.2) is 6.20 Å². The Morgan fingerprint density at radius 2 is 2.06 bits per heavy atom. The third-order valence-corrected chi connectivity index (χ3v) is 3.54. The zero-order valence-electron chi connectivity index (χ0n) is 10.2. The van der Waals surface area contributed by atoms with Gasteiger partial charge in [0.1, 0.15) is 0 Å². The Labute approximate surface area is 96.2 Å². The van der Waals surface area contributed by atoms with E-state index >= 15 is 0 Å². The normalized spacial score (nSPS) is 17.8. The smallest absolute Gasteiger partial charge is 0.257 e. The minimum absolute atomic E-state index is 0.137. The van der Waals surface area contributed by atoms with Crippen molar-refractivity contribution in [3.63, 3.8) is 0 Å². The summed E-state index contributed by atoms with van der Waals surface area (Å²) in [5, 5.41) is 4.12. The maximum Gasteiger partial charge on any atom is 0.257 e. The number of hydrogen-bond acceptors (Lipinski definition) is 2. The lowest BCUT2D eigenvalue weighted by Crippen LogP contribution is -2.38. The molecule has 1 aromatic rings. The largest absolute Gasteiger partial charge is 0.339 e. The molecule has 88 valence electrons. The fraction of sp³-hybridized carbons (Fsp3) is 0.667. The average Bonchev–Trinajstić information content (AvgIpc) is 2.60. The molecule has 2 rings (SSSR count). The minimum Gasteiger partial charge on any atom is -0.339 e. The average molecular weight is 221 g/mol. The van der Waals surface area contributed by atoms with E-state index in [0.717, 1.165) is 43.1 Å². The van der Waals surface area contributed by atoms with Crippen molar-refractivity contribution >= 4 is 5.91 Å². The summed E-state index contributed by atoms with van der Waals surface area (Å²) in [5.74, 6) is 0.886. The molecule has 1 aromatic heterocycles. The summed E-state index contributed by atoms with van der Waals surface area (Å²) in [6.07, 6.45) is 3.91. The van der Waals surface area contributed by atoms with E-state index < -0.39 is 0 Å². The molecule has 0 bridgehead atoms. The van der Waals surface area contributed by atoms with E-state index in [2.05, 4.69) is 12.0 Å². The SMILES string of the molecule is Cc1c(C(=O)N2CCC(C)CC2)cnn1C. The second-order valence-corrected chi connectivity index (χ2v) is 4.74. The second-order valence-electron chi connectivity index (χ2n) is 4.74. The number of likely N-dealkylation sites (tertiary alicyclic amines) is 1. The summed E-state index contributed by atoms with van der Waals surface area (Å²) in [4.78, 5) is 14.2. The number of hydrogen-bond donors (Lipinski definition) is 0. The first-order valence-electron chi connectivity index (χ1n) is 5.87. The van der Waals surface area contributed by atoms with Crippen molar-refractivity contribution in [3.8, 4) is 0 Å².